The number of carbonyl (C=O) groups is 2. The molecule has 19 heavy (non-hydrogen) atoms. The summed E-state index contributed by atoms with van der Waals surface area (Å²) in [6, 6.07) is 3.92. The lowest BCUT2D eigenvalue weighted by Crippen LogP contribution is -2.17. The predicted molar refractivity (Wildman–Crippen MR) is 73.4 cm³/mol. The summed E-state index contributed by atoms with van der Waals surface area (Å²) in [5.74, 6) is -1.22. The Labute approximate surface area is 114 Å². The summed E-state index contributed by atoms with van der Waals surface area (Å²) in [6.45, 7) is 2.01. The number of esters is 1. The second kappa shape index (κ2) is 7.63. The fourth-order valence-corrected chi connectivity index (χ4v) is 1.86. The van der Waals surface area contributed by atoms with Crippen molar-refractivity contribution in [1.82, 2.24) is 0 Å². The maximum atomic E-state index is 13.3. The molecule has 0 aliphatic rings. The molecular weight excluding hydrogens is 271 g/mol. The molecule has 0 spiro atoms. The number of anilines is 2. The number of nitrogens with two attached hydrogens (primary N) is 1. The topological polar surface area (TPSA) is 81.4 Å². The predicted octanol–water partition coefficient (Wildman–Crippen LogP) is 1.64. The van der Waals surface area contributed by atoms with Crippen LogP contribution in [0.25, 0.3) is 0 Å². The van der Waals surface area contributed by atoms with E-state index in [9.17, 15) is 14.0 Å². The summed E-state index contributed by atoms with van der Waals surface area (Å²) in [5, 5.41) is 2.39. The highest BCUT2D eigenvalue weighted by molar-refractivity contribution is 8.00. The van der Waals surface area contributed by atoms with E-state index >= 15 is 0 Å². The molecule has 0 saturated heterocycles. The van der Waals surface area contributed by atoms with Crippen LogP contribution in [-0.4, -0.2) is 30.0 Å². The third-order valence-electron chi connectivity index (χ3n) is 2.02. The number of halogens is 1. The summed E-state index contributed by atoms with van der Waals surface area (Å²) >= 11 is 1.10. The Kier molecular flexibility index (Phi) is 6.14. The van der Waals surface area contributed by atoms with Gasteiger partial charge in [-0.1, -0.05) is 0 Å². The molecule has 0 aromatic heterocycles. The third-order valence-corrected chi connectivity index (χ3v) is 2.93. The molecule has 1 aromatic rings. The summed E-state index contributed by atoms with van der Waals surface area (Å²) in [7, 11) is 0. The minimum atomic E-state index is -0.557. The fraction of sp³-hybridized carbons (Fsp3) is 0.333. The van der Waals surface area contributed by atoms with E-state index in [0.29, 0.717) is 12.3 Å². The van der Waals surface area contributed by atoms with Crippen LogP contribution in [-0.2, 0) is 14.3 Å². The van der Waals surface area contributed by atoms with Crippen LogP contribution < -0.4 is 11.1 Å². The lowest BCUT2D eigenvalue weighted by atomic mass is 10.2. The smallest absolute Gasteiger partial charge is 0.315 e. The highest BCUT2D eigenvalue weighted by atomic mass is 32.2. The van der Waals surface area contributed by atoms with Crippen molar-refractivity contribution >= 4 is 35.0 Å². The van der Waals surface area contributed by atoms with Crippen molar-refractivity contribution in [3.05, 3.63) is 24.0 Å². The van der Waals surface area contributed by atoms with E-state index in [1.807, 2.05) is 0 Å². The first-order valence-corrected chi connectivity index (χ1v) is 6.76. The SMILES string of the molecule is CCOC(=O)CSCC(=O)Nc1cc(N)ccc1F. The van der Waals surface area contributed by atoms with Gasteiger partial charge < -0.3 is 15.8 Å². The molecule has 0 bridgehead atoms. The number of hydrogen-bond acceptors (Lipinski definition) is 5. The number of carbonyl (C=O) groups excluding carboxylic acids is 2. The van der Waals surface area contributed by atoms with Crippen molar-refractivity contribution in [2.24, 2.45) is 0 Å². The van der Waals surface area contributed by atoms with E-state index in [4.69, 9.17) is 10.5 Å². The summed E-state index contributed by atoms with van der Waals surface area (Å²) in [5.41, 5.74) is 5.88. The van der Waals surface area contributed by atoms with Gasteiger partial charge in [0.05, 0.1) is 23.8 Å². The van der Waals surface area contributed by atoms with E-state index in [1.165, 1.54) is 18.2 Å². The zero-order valence-electron chi connectivity index (χ0n) is 10.4. The highest BCUT2D eigenvalue weighted by Gasteiger charge is 2.09. The van der Waals surface area contributed by atoms with Crippen LogP contribution in [0.3, 0.4) is 0 Å². The normalized spacial score (nSPS) is 10.0. The van der Waals surface area contributed by atoms with Gasteiger partial charge >= 0.3 is 5.97 Å². The standard InChI is InChI=1S/C12H15FN2O3S/c1-2-18-12(17)7-19-6-11(16)15-10-5-8(14)3-4-9(10)13/h3-5H,2,6-7,14H2,1H3,(H,15,16). The Bertz CT molecular complexity index is 468. The largest absolute Gasteiger partial charge is 0.465 e. The quantitative estimate of drug-likeness (QED) is 0.614. The van der Waals surface area contributed by atoms with Crippen LogP contribution in [0.4, 0.5) is 15.8 Å². The molecule has 0 fully saturated rings. The van der Waals surface area contributed by atoms with Crippen LogP contribution in [0.1, 0.15) is 6.92 Å². The first-order valence-electron chi connectivity index (χ1n) is 5.61. The monoisotopic (exact) mass is 286 g/mol. The third kappa shape index (κ3) is 5.60. The Morgan fingerprint density at radius 1 is 1.42 bits per heavy atom. The molecule has 0 radical (unpaired) electrons. The van der Waals surface area contributed by atoms with E-state index in [-0.39, 0.29) is 23.2 Å². The van der Waals surface area contributed by atoms with Gasteiger partial charge in [0.15, 0.2) is 0 Å². The molecule has 104 valence electrons. The lowest BCUT2D eigenvalue weighted by molar-refractivity contribution is -0.139. The Morgan fingerprint density at radius 2 is 2.16 bits per heavy atom. The van der Waals surface area contributed by atoms with Gasteiger partial charge in [-0.2, -0.15) is 0 Å². The fourth-order valence-electron chi connectivity index (χ4n) is 1.25. The van der Waals surface area contributed by atoms with Crippen molar-refractivity contribution in [1.29, 1.82) is 0 Å². The van der Waals surface area contributed by atoms with E-state index in [1.54, 1.807) is 6.92 Å². The molecule has 3 N–H and O–H groups in total. The van der Waals surface area contributed by atoms with Gasteiger partial charge in [0.1, 0.15) is 5.82 Å². The number of thioether (sulfide) groups is 1. The Hall–Kier alpha value is -1.76. The number of ether oxygens (including phenoxy) is 1. The van der Waals surface area contributed by atoms with Crippen molar-refractivity contribution < 1.29 is 18.7 Å². The second-order valence-electron chi connectivity index (χ2n) is 3.59. The minimum absolute atomic E-state index is 0.0294. The molecular formula is C12H15FN2O3S. The van der Waals surface area contributed by atoms with Gasteiger partial charge in [0.2, 0.25) is 5.91 Å². The van der Waals surface area contributed by atoms with Gasteiger partial charge in [-0.05, 0) is 25.1 Å². The number of rotatable bonds is 6. The molecule has 5 nitrogen and oxygen atoms in total. The molecule has 0 aliphatic carbocycles. The van der Waals surface area contributed by atoms with E-state index in [0.717, 1.165) is 11.8 Å². The van der Waals surface area contributed by atoms with Crippen LogP contribution in [0, 0.1) is 5.82 Å². The summed E-state index contributed by atoms with van der Waals surface area (Å²) < 4.78 is 18.0. The molecule has 0 atom stereocenters. The highest BCUT2D eigenvalue weighted by Crippen LogP contribution is 2.17. The van der Waals surface area contributed by atoms with Crippen molar-refractivity contribution in [3.8, 4) is 0 Å². The number of nitrogens with one attached hydrogen (secondary N) is 1. The average Bonchev–Trinajstić information content (AvgIpc) is 2.34. The zero-order chi connectivity index (χ0) is 14.3. The Morgan fingerprint density at radius 3 is 2.84 bits per heavy atom. The number of amides is 1. The maximum absolute atomic E-state index is 13.3. The summed E-state index contributed by atoms with van der Waals surface area (Å²) in [6.07, 6.45) is 0. The zero-order valence-corrected chi connectivity index (χ0v) is 11.3. The van der Waals surface area contributed by atoms with Gasteiger partial charge in [-0.25, -0.2) is 4.39 Å². The van der Waals surface area contributed by atoms with Crippen LogP contribution >= 0.6 is 11.8 Å². The van der Waals surface area contributed by atoms with E-state index < -0.39 is 11.7 Å². The maximum Gasteiger partial charge on any atom is 0.315 e. The number of nitrogen functional groups attached to an aromatic ring is 1. The van der Waals surface area contributed by atoms with Crippen LogP contribution in [0.2, 0.25) is 0 Å². The number of benzene rings is 1. The van der Waals surface area contributed by atoms with Gasteiger partial charge in [0.25, 0.3) is 0 Å². The van der Waals surface area contributed by atoms with Crippen molar-refractivity contribution in [2.75, 3.05) is 29.2 Å². The second-order valence-corrected chi connectivity index (χ2v) is 4.57. The van der Waals surface area contributed by atoms with E-state index in [2.05, 4.69) is 5.32 Å². The average molecular weight is 286 g/mol. The lowest BCUT2D eigenvalue weighted by Gasteiger charge is -2.07. The first kappa shape index (κ1) is 15.3. The van der Waals surface area contributed by atoms with Crippen molar-refractivity contribution in [3.63, 3.8) is 0 Å². The molecule has 1 amide bonds. The van der Waals surface area contributed by atoms with Crippen molar-refractivity contribution in [2.45, 2.75) is 6.92 Å². The van der Waals surface area contributed by atoms with Crippen LogP contribution in [0.5, 0.6) is 0 Å². The van der Waals surface area contributed by atoms with Gasteiger partial charge in [-0.3, -0.25) is 9.59 Å². The molecule has 0 aliphatic heterocycles. The first-order chi connectivity index (χ1) is 9.02. The van der Waals surface area contributed by atoms with Gasteiger partial charge in [0, 0.05) is 5.69 Å². The molecule has 0 heterocycles. The molecule has 1 aromatic carbocycles. The molecule has 0 saturated carbocycles. The minimum Gasteiger partial charge on any atom is -0.465 e. The summed E-state index contributed by atoms with van der Waals surface area (Å²) in [4.78, 5) is 22.6. The number of hydrogen-bond donors (Lipinski definition) is 2. The molecule has 0 unspecified atom stereocenters. The van der Waals surface area contributed by atoms with Gasteiger partial charge in [-0.15, -0.1) is 11.8 Å². The van der Waals surface area contributed by atoms with Crippen LogP contribution in [0.15, 0.2) is 18.2 Å². The Balaban J connectivity index is 2.39. The molecule has 1 rings (SSSR count). The molecule has 7 heteroatoms.